The Morgan fingerprint density at radius 3 is 2.89 bits per heavy atom. The highest BCUT2D eigenvalue weighted by atomic mass is 32.2. The number of H-pyrrole nitrogens is 1. The smallest absolute Gasteiger partial charge is 0.342 e. The molecule has 0 spiro atoms. The van der Waals surface area contributed by atoms with Crippen molar-refractivity contribution in [2.45, 2.75) is 31.7 Å². The quantitative estimate of drug-likeness (QED) is 0.673. The normalized spacial score (nSPS) is 10.9. The van der Waals surface area contributed by atoms with Crippen molar-refractivity contribution in [1.29, 1.82) is 0 Å². The second-order valence-corrected chi connectivity index (χ2v) is 4.89. The third kappa shape index (κ3) is 2.73. The molecule has 19 heavy (non-hydrogen) atoms. The number of aryl methyl sites for hydroxylation is 1. The number of aromatic nitrogens is 3. The van der Waals surface area contributed by atoms with Crippen LogP contribution in [-0.4, -0.2) is 33.8 Å². The van der Waals surface area contributed by atoms with Gasteiger partial charge in [0.2, 0.25) is 0 Å². The van der Waals surface area contributed by atoms with Gasteiger partial charge < -0.3 is 9.72 Å². The van der Waals surface area contributed by atoms with Crippen LogP contribution in [0.5, 0.6) is 0 Å². The minimum absolute atomic E-state index is 0.329. The van der Waals surface area contributed by atoms with Crippen molar-refractivity contribution in [3.63, 3.8) is 0 Å². The lowest BCUT2D eigenvalue weighted by Gasteiger charge is -2.03. The lowest BCUT2D eigenvalue weighted by molar-refractivity contribution is 0.0527. The van der Waals surface area contributed by atoms with Crippen molar-refractivity contribution < 1.29 is 9.53 Å². The van der Waals surface area contributed by atoms with Gasteiger partial charge in [-0.15, -0.1) is 11.8 Å². The molecule has 0 radical (unpaired) electrons. The molecule has 0 atom stereocenters. The van der Waals surface area contributed by atoms with Gasteiger partial charge in [0.25, 0.3) is 0 Å². The third-order valence-electron chi connectivity index (χ3n) is 2.75. The first-order valence-corrected chi connectivity index (χ1v) is 7.52. The number of fused-ring (bicyclic) bond motifs is 1. The zero-order valence-electron chi connectivity index (χ0n) is 11.3. The average molecular weight is 279 g/mol. The van der Waals surface area contributed by atoms with E-state index in [2.05, 4.69) is 21.9 Å². The SMILES string of the molecule is CCCc1[nH]c2ncc(SC)nc2c1C(=O)OCC. The van der Waals surface area contributed by atoms with E-state index in [9.17, 15) is 4.79 Å². The van der Waals surface area contributed by atoms with Crippen LogP contribution in [0.1, 0.15) is 36.3 Å². The predicted octanol–water partition coefficient (Wildman–Crippen LogP) is 2.81. The molecule has 0 fully saturated rings. The summed E-state index contributed by atoms with van der Waals surface area (Å²) in [5.41, 5.74) is 2.63. The van der Waals surface area contributed by atoms with Crippen LogP contribution >= 0.6 is 11.8 Å². The van der Waals surface area contributed by atoms with Gasteiger partial charge in [0.1, 0.15) is 16.1 Å². The van der Waals surface area contributed by atoms with E-state index in [4.69, 9.17) is 4.74 Å². The average Bonchev–Trinajstić information content (AvgIpc) is 2.76. The molecule has 6 heteroatoms. The maximum atomic E-state index is 12.1. The fourth-order valence-electron chi connectivity index (χ4n) is 1.95. The number of carbonyl (C=O) groups excluding carboxylic acids is 1. The minimum Gasteiger partial charge on any atom is -0.462 e. The van der Waals surface area contributed by atoms with Gasteiger partial charge in [-0.25, -0.2) is 14.8 Å². The number of esters is 1. The van der Waals surface area contributed by atoms with Crippen LogP contribution in [0.15, 0.2) is 11.2 Å². The van der Waals surface area contributed by atoms with Crippen LogP contribution in [0.2, 0.25) is 0 Å². The van der Waals surface area contributed by atoms with E-state index in [1.165, 1.54) is 11.8 Å². The summed E-state index contributed by atoms with van der Waals surface area (Å²) in [5, 5.41) is 0.792. The fraction of sp³-hybridized carbons (Fsp3) is 0.462. The Morgan fingerprint density at radius 2 is 2.26 bits per heavy atom. The van der Waals surface area contributed by atoms with Crippen molar-refractivity contribution in [1.82, 2.24) is 15.0 Å². The van der Waals surface area contributed by atoms with E-state index in [0.29, 0.717) is 23.3 Å². The van der Waals surface area contributed by atoms with E-state index in [0.717, 1.165) is 23.6 Å². The Morgan fingerprint density at radius 1 is 1.47 bits per heavy atom. The van der Waals surface area contributed by atoms with Crippen LogP contribution in [0, 0.1) is 0 Å². The van der Waals surface area contributed by atoms with Crippen LogP contribution in [-0.2, 0) is 11.2 Å². The van der Waals surface area contributed by atoms with Gasteiger partial charge in [0, 0.05) is 5.69 Å². The summed E-state index contributed by atoms with van der Waals surface area (Å²) in [6, 6.07) is 0. The Balaban J connectivity index is 2.59. The van der Waals surface area contributed by atoms with Crippen molar-refractivity contribution in [3.8, 4) is 0 Å². The number of carbonyl (C=O) groups is 1. The molecule has 1 N–H and O–H groups in total. The monoisotopic (exact) mass is 279 g/mol. The molecule has 2 aromatic heterocycles. The highest BCUT2D eigenvalue weighted by Crippen LogP contribution is 2.23. The molecule has 5 nitrogen and oxygen atoms in total. The summed E-state index contributed by atoms with van der Waals surface area (Å²) in [6.45, 7) is 4.21. The number of aromatic amines is 1. The predicted molar refractivity (Wildman–Crippen MR) is 75.6 cm³/mol. The minimum atomic E-state index is -0.329. The Labute approximate surface area is 116 Å². The number of rotatable bonds is 5. The molecule has 0 bridgehead atoms. The highest BCUT2D eigenvalue weighted by Gasteiger charge is 2.21. The number of hydrogen-bond donors (Lipinski definition) is 1. The molecular weight excluding hydrogens is 262 g/mol. The van der Waals surface area contributed by atoms with E-state index in [-0.39, 0.29) is 5.97 Å². The van der Waals surface area contributed by atoms with Crippen molar-refractivity contribution in [2.75, 3.05) is 12.9 Å². The molecular formula is C13H17N3O2S. The molecule has 102 valence electrons. The van der Waals surface area contributed by atoms with Crippen LogP contribution in [0.3, 0.4) is 0 Å². The van der Waals surface area contributed by atoms with Crippen LogP contribution in [0.25, 0.3) is 11.2 Å². The van der Waals surface area contributed by atoms with E-state index in [1.54, 1.807) is 13.1 Å². The van der Waals surface area contributed by atoms with Gasteiger partial charge in [0.05, 0.1) is 12.8 Å². The van der Waals surface area contributed by atoms with Crippen LogP contribution in [0.4, 0.5) is 0 Å². The molecule has 0 amide bonds. The van der Waals surface area contributed by atoms with Gasteiger partial charge in [-0.05, 0) is 19.6 Å². The summed E-state index contributed by atoms with van der Waals surface area (Å²) < 4.78 is 5.12. The second kappa shape index (κ2) is 6.06. The van der Waals surface area contributed by atoms with E-state index < -0.39 is 0 Å². The molecule has 2 heterocycles. The first-order chi connectivity index (χ1) is 9.21. The zero-order valence-corrected chi connectivity index (χ0v) is 12.1. The molecule has 0 aliphatic heterocycles. The van der Waals surface area contributed by atoms with Gasteiger partial charge in [-0.3, -0.25) is 0 Å². The third-order valence-corrected chi connectivity index (χ3v) is 3.36. The van der Waals surface area contributed by atoms with E-state index in [1.807, 2.05) is 6.26 Å². The lowest BCUT2D eigenvalue weighted by atomic mass is 10.1. The molecule has 0 aromatic carbocycles. The standard InChI is InChI=1S/C13H17N3O2S/c1-4-6-8-10(13(17)18-5-2)11-12(15-8)14-7-9(16-11)19-3/h7H,4-6H2,1-3H3,(H,14,15). The highest BCUT2D eigenvalue weighted by molar-refractivity contribution is 7.98. The topological polar surface area (TPSA) is 67.9 Å². The summed E-state index contributed by atoms with van der Waals surface area (Å²) in [4.78, 5) is 24.0. The molecule has 0 aliphatic carbocycles. The molecule has 2 rings (SSSR count). The molecule has 0 saturated heterocycles. The summed E-state index contributed by atoms with van der Waals surface area (Å²) in [7, 11) is 0. The van der Waals surface area contributed by atoms with Crippen molar-refractivity contribution in [3.05, 3.63) is 17.5 Å². The van der Waals surface area contributed by atoms with Crippen LogP contribution < -0.4 is 0 Å². The number of hydrogen-bond acceptors (Lipinski definition) is 5. The first kappa shape index (κ1) is 13.9. The molecule has 2 aromatic rings. The summed E-state index contributed by atoms with van der Waals surface area (Å²) >= 11 is 1.50. The Hall–Kier alpha value is -1.56. The molecule has 0 unspecified atom stereocenters. The largest absolute Gasteiger partial charge is 0.462 e. The van der Waals surface area contributed by atoms with Crippen molar-refractivity contribution in [2.24, 2.45) is 0 Å². The number of nitrogens with one attached hydrogen (secondary N) is 1. The van der Waals surface area contributed by atoms with Gasteiger partial charge in [0.15, 0.2) is 5.65 Å². The Kier molecular flexibility index (Phi) is 4.42. The second-order valence-electron chi connectivity index (χ2n) is 4.06. The lowest BCUT2D eigenvalue weighted by Crippen LogP contribution is -2.07. The maximum absolute atomic E-state index is 12.1. The number of thioether (sulfide) groups is 1. The fourth-order valence-corrected chi connectivity index (χ4v) is 2.29. The summed E-state index contributed by atoms with van der Waals surface area (Å²) in [5.74, 6) is -0.329. The molecule has 0 aliphatic rings. The number of ether oxygens (including phenoxy) is 1. The van der Waals surface area contributed by atoms with Crippen molar-refractivity contribution >= 4 is 28.9 Å². The first-order valence-electron chi connectivity index (χ1n) is 6.29. The zero-order chi connectivity index (χ0) is 13.8. The van der Waals surface area contributed by atoms with E-state index >= 15 is 0 Å². The Bertz CT molecular complexity index is 595. The van der Waals surface area contributed by atoms with Gasteiger partial charge in [-0.2, -0.15) is 0 Å². The number of nitrogens with zero attached hydrogens (tertiary/aromatic N) is 2. The van der Waals surface area contributed by atoms with Gasteiger partial charge >= 0.3 is 5.97 Å². The maximum Gasteiger partial charge on any atom is 0.342 e. The summed E-state index contributed by atoms with van der Waals surface area (Å²) in [6.07, 6.45) is 5.35. The molecule has 0 saturated carbocycles. The van der Waals surface area contributed by atoms with Gasteiger partial charge in [-0.1, -0.05) is 13.3 Å².